The van der Waals surface area contributed by atoms with E-state index in [1.807, 2.05) is 6.92 Å². The molecule has 2 nitrogen and oxygen atoms in total. The Morgan fingerprint density at radius 1 is 1.71 bits per heavy atom. The second-order valence-electron chi connectivity index (χ2n) is 3.91. The summed E-state index contributed by atoms with van der Waals surface area (Å²) in [7, 11) is 0. The van der Waals surface area contributed by atoms with Gasteiger partial charge in [0.05, 0.1) is 6.42 Å². The molecule has 0 unspecified atom stereocenters. The van der Waals surface area contributed by atoms with E-state index in [0.717, 1.165) is 17.3 Å². The van der Waals surface area contributed by atoms with Gasteiger partial charge >= 0.3 is 5.97 Å². The van der Waals surface area contributed by atoms with E-state index < -0.39 is 5.97 Å². The van der Waals surface area contributed by atoms with E-state index in [0.29, 0.717) is 0 Å². The molecule has 0 saturated heterocycles. The Labute approximate surface area is 95.1 Å². The predicted molar refractivity (Wildman–Crippen MR) is 59.9 cm³/mol. The Kier molecular flexibility index (Phi) is 2.43. The summed E-state index contributed by atoms with van der Waals surface area (Å²) >= 11 is 5.21. The number of carboxylic acids is 1. The summed E-state index contributed by atoms with van der Waals surface area (Å²) in [5.74, 6) is -0.694. The van der Waals surface area contributed by atoms with Crippen molar-refractivity contribution in [3.63, 3.8) is 0 Å². The Morgan fingerprint density at radius 2 is 2.36 bits per heavy atom. The number of aliphatic carboxylic acids is 1. The summed E-state index contributed by atoms with van der Waals surface area (Å²) in [6.45, 7) is 2.04. The van der Waals surface area contributed by atoms with Crippen LogP contribution in [-0.4, -0.2) is 11.1 Å². The molecule has 2 rings (SSSR count). The number of hydrogen-bond acceptors (Lipinski definition) is 2. The fraction of sp³-hybridized carbons (Fsp3) is 0.500. The number of carboxylic acid groups (broad SMARTS) is 1. The highest BCUT2D eigenvalue weighted by atomic mass is 79.9. The van der Waals surface area contributed by atoms with Gasteiger partial charge < -0.3 is 5.11 Å². The van der Waals surface area contributed by atoms with Crippen molar-refractivity contribution in [2.45, 2.75) is 31.6 Å². The first-order chi connectivity index (χ1) is 6.55. The number of aryl methyl sites for hydroxylation is 1. The number of hydrogen-bond donors (Lipinski definition) is 1. The zero-order chi connectivity index (χ0) is 10.3. The van der Waals surface area contributed by atoms with Crippen LogP contribution in [0.5, 0.6) is 0 Å². The van der Waals surface area contributed by atoms with E-state index in [1.165, 1.54) is 10.4 Å². The lowest BCUT2D eigenvalue weighted by Gasteiger charge is -2.10. The SMILES string of the molecule is Cc1csc(C2(CC(=O)O)CC2)c1Br. The van der Waals surface area contributed by atoms with Crippen molar-refractivity contribution >= 4 is 33.2 Å². The van der Waals surface area contributed by atoms with E-state index in [2.05, 4.69) is 21.3 Å². The van der Waals surface area contributed by atoms with Gasteiger partial charge in [-0.2, -0.15) is 0 Å². The lowest BCUT2D eigenvalue weighted by molar-refractivity contribution is -0.137. The maximum absolute atomic E-state index is 10.7. The fourth-order valence-electron chi connectivity index (χ4n) is 1.71. The monoisotopic (exact) mass is 274 g/mol. The Balaban J connectivity index is 2.30. The van der Waals surface area contributed by atoms with Crippen molar-refractivity contribution in [3.05, 3.63) is 20.3 Å². The van der Waals surface area contributed by atoms with Gasteiger partial charge in [0.25, 0.3) is 0 Å². The summed E-state index contributed by atoms with van der Waals surface area (Å²) in [5.41, 5.74) is 1.16. The van der Waals surface area contributed by atoms with Crippen LogP contribution in [0, 0.1) is 6.92 Å². The first-order valence-electron chi connectivity index (χ1n) is 4.51. The second-order valence-corrected chi connectivity index (χ2v) is 5.59. The second kappa shape index (κ2) is 3.35. The summed E-state index contributed by atoms with van der Waals surface area (Å²) in [6.07, 6.45) is 2.29. The van der Waals surface area contributed by atoms with E-state index in [-0.39, 0.29) is 11.8 Å². The minimum atomic E-state index is -0.694. The minimum Gasteiger partial charge on any atom is -0.481 e. The van der Waals surface area contributed by atoms with Crippen LogP contribution in [-0.2, 0) is 10.2 Å². The zero-order valence-electron chi connectivity index (χ0n) is 7.84. The van der Waals surface area contributed by atoms with Crippen molar-refractivity contribution in [2.75, 3.05) is 0 Å². The van der Waals surface area contributed by atoms with Crippen LogP contribution in [0.1, 0.15) is 29.7 Å². The summed E-state index contributed by atoms with van der Waals surface area (Å²) in [5, 5.41) is 10.9. The van der Waals surface area contributed by atoms with Crippen LogP contribution >= 0.6 is 27.3 Å². The van der Waals surface area contributed by atoms with Gasteiger partial charge in [0.1, 0.15) is 0 Å². The molecule has 1 aliphatic rings. The van der Waals surface area contributed by atoms with Crippen LogP contribution in [0.2, 0.25) is 0 Å². The Morgan fingerprint density at radius 3 is 2.71 bits per heavy atom. The van der Waals surface area contributed by atoms with Crippen LogP contribution in [0.25, 0.3) is 0 Å². The van der Waals surface area contributed by atoms with Crippen molar-refractivity contribution in [1.29, 1.82) is 0 Å². The molecule has 1 aromatic heterocycles. The molecule has 1 aromatic rings. The summed E-state index contributed by atoms with van der Waals surface area (Å²) < 4.78 is 1.11. The van der Waals surface area contributed by atoms with Gasteiger partial charge in [-0.25, -0.2) is 0 Å². The lowest BCUT2D eigenvalue weighted by Crippen LogP contribution is -2.11. The molecule has 1 heterocycles. The molecule has 0 spiro atoms. The Bertz CT molecular complexity index is 379. The third-order valence-electron chi connectivity index (χ3n) is 2.72. The molecular weight excluding hydrogens is 264 g/mol. The third-order valence-corrected chi connectivity index (χ3v) is 5.35. The molecule has 0 bridgehead atoms. The van der Waals surface area contributed by atoms with Gasteiger partial charge in [0.2, 0.25) is 0 Å². The molecule has 0 aliphatic heterocycles. The average Bonchev–Trinajstić information content (AvgIpc) is 2.76. The first-order valence-corrected chi connectivity index (χ1v) is 6.18. The average molecular weight is 275 g/mol. The Hall–Kier alpha value is -0.350. The van der Waals surface area contributed by atoms with Gasteiger partial charge in [-0.05, 0) is 46.6 Å². The molecule has 0 atom stereocenters. The van der Waals surface area contributed by atoms with Gasteiger partial charge in [-0.3, -0.25) is 4.79 Å². The molecule has 76 valence electrons. The number of carbonyl (C=O) groups is 1. The highest BCUT2D eigenvalue weighted by Crippen LogP contribution is 2.55. The summed E-state index contributed by atoms with van der Waals surface area (Å²) in [4.78, 5) is 12.0. The number of rotatable bonds is 3. The predicted octanol–water partition coefficient (Wildman–Crippen LogP) is 3.33. The largest absolute Gasteiger partial charge is 0.481 e. The molecule has 0 amide bonds. The number of thiophene rings is 1. The maximum atomic E-state index is 10.7. The number of halogens is 1. The highest BCUT2D eigenvalue weighted by Gasteiger charge is 2.48. The minimum absolute atomic E-state index is 0.0520. The first kappa shape index (κ1) is 10.2. The van der Waals surface area contributed by atoms with Gasteiger partial charge in [0.15, 0.2) is 0 Å². The van der Waals surface area contributed by atoms with Crippen LogP contribution < -0.4 is 0 Å². The van der Waals surface area contributed by atoms with Crippen molar-refractivity contribution in [2.24, 2.45) is 0 Å². The third kappa shape index (κ3) is 1.61. The molecular formula is C10H11BrO2S. The van der Waals surface area contributed by atoms with Crippen LogP contribution in [0.15, 0.2) is 9.85 Å². The lowest BCUT2D eigenvalue weighted by atomic mass is 10.0. The highest BCUT2D eigenvalue weighted by molar-refractivity contribution is 9.10. The van der Waals surface area contributed by atoms with Crippen LogP contribution in [0.4, 0.5) is 0 Å². The summed E-state index contributed by atoms with van der Waals surface area (Å²) in [6, 6.07) is 0. The molecule has 0 aromatic carbocycles. The van der Waals surface area contributed by atoms with Gasteiger partial charge in [-0.1, -0.05) is 0 Å². The molecule has 0 radical (unpaired) electrons. The van der Waals surface area contributed by atoms with Gasteiger partial charge in [0, 0.05) is 14.8 Å². The van der Waals surface area contributed by atoms with E-state index in [4.69, 9.17) is 5.11 Å². The topological polar surface area (TPSA) is 37.3 Å². The maximum Gasteiger partial charge on any atom is 0.304 e. The molecule has 1 fully saturated rings. The molecule has 4 heteroatoms. The standard InChI is InChI=1S/C10H11BrO2S/c1-6-5-14-9(8(6)11)10(2-3-10)4-7(12)13/h5H,2-4H2,1H3,(H,12,13). The van der Waals surface area contributed by atoms with Crippen molar-refractivity contribution in [1.82, 2.24) is 0 Å². The molecule has 1 aliphatic carbocycles. The van der Waals surface area contributed by atoms with E-state index in [1.54, 1.807) is 11.3 Å². The van der Waals surface area contributed by atoms with Crippen molar-refractivity contribution in [3.8, 4) is 0 Å². The van der Waals surface area contributed by atoms with Crippen molar-refractivity contribution < 1.29 is 9.90 Å². The quantitative estimate of drug-likeness (QED) is 0.918. The zero-order valence-corrected chi connectivity index (χ0v) is 10.2. The van der Waals surface area contributed by atoms with E-state index >= 15 is 0 Å². The fourth-order valence-corrected chi connectivity index (χ4v) is 3.88. The van der Waals surface area contributed by atoms with Crippen LogP contribution in [0.3, 0.4) is 0 Å². The molecule has 1 N–H and O–H groups in total. The van der Waals surface area contributed by atoms with Gasteiger partial charge in [-0.15, -0.1) is 11.3 Å². The smallest absolute Gasteiger partial charge is 0.304 e. The molecule has 1 saturated carbocycles. The normalized spacial score (nSPS) is 18.1. The molecule has 14 heavy (non-hydrogen) atoms. The van der Waals surface area contributed by atoms with E-state index in [9.17, 15) is 4.79 Å².